The largest absolute Gasteiger partial charge is 0.497 e. The minimum Gasteiger partial charge on any atom is -0.497 e. The second-order valence-electron chi connectivity index (χ2n) is 6.58. The van der Waals surface area contributed by atoms with Crippen molar-refractivity contribution in [3.8, 4) is 11.5 Å². The van der Waals surface area contributed by atoms with Gasteiger partial charge in [-0.1, -0.05) is 0 Å². The number of carbonyl (C=O) groups is 3. The number of hydrogen-bond acceptors (Lipinski definition) is 8. The molecule has 1 N–H and O–H groups in total. The van der Waals surface area contributed by atoms with Crippen LogP contribution in [0, 0.1) is 0 Å². The second kappa shape index (κ2) is 10.2. The lowest BCUT2D eigenvalue weighted by molar-refractivity contribution is -0.118. The molecule has 166 valence electrons. The van der Waals surface area contributed by atoms with Crippen molar-refractivity contribution in [2.45, 2.75) is 19.9 Å². The fourth-order valence-corrected chi connectivity index (χ4v) is 4.43. The molecule has 0 saturated heterocycles. The Morgan fingerprint density at radius 3 is 2.48 bits per heavy atom. The van der Waals surface area contributed by atoms with Gasteiger partial charge in [0.15, 0.2) is 6.61 Å². The van der Waals surface area contributed by atoms with Gasteiger partial charge in [-0.05, 0) is 43.2 Å². The first-order chi connectivity index (χ1) is 15.0. The third kappa shape index (κ3) is 5.26. The van der Waals surface area contributed by atoms with E-state index in [1.807, 2.05) is 0 Å². The molecule has 10 heteroatoms. The molecule has 0 fully saturated rings. The minimum atomic E-state index is -0.534. The maximum atomic E-state index is 12.5. The lowest BCUT2D eigenvalue weighted by Crippen LogP contribution is -2.36. The number of amides is 2. The van der Waals surface area contributed by atoms with E-state index in [0.29, 0.717) is 41.6 Å². The Hall–Kier alpha value is -3.27. The Labute approximate surface area is 183 Å². The lowest BCUT2D eigenvalue weighted by atomic mass is 10.0. The van der Waals surface area contributed by atoms with Crippen molar-refractivity contribution in [3.63, 3.8) is 0 Å². The summed E-state index contributed by atoms with van der Waals surface area (Å²) < 4.78 is 20.6. The highest BCUT2D eigenvalue weighted by Crippen LogP contribution is 2.37. The van der Waals surface area contributed by atoms with E-state index >= 15 is 0 Å². The third-order valence-corrected chi connectivity index (χ3v) is 5.79. The van der Waals surface area contributed by atoms with Gasteiger partial charge in [0.2, 0.25) is 0 Å². The zero-order valence-corrected chi connectivity index (χ0v) is 18.4. The van der Waals surface area contributed by atoms with Crippen LogP contribution in [0.25, 0.3) is 0 Å². The summed E-state index contributed by atoms with van der Waals surface area (Å²) in [5, 5.41) is 3.12. The van der Waals surface area contributed by atoms with Gasteiger partial charge in [-0.3, -0.25) is 4.79 Å². The van der Waals surface area contributed by atoms with E-state index in [1.54, 1.807) is 43.2 Å². The normalized spacial score (nSPS) is 12.5. The number of hydrogen-bond donors (Lipinski definition) is 1. The molecule has 2 aromatic rings. The van der Waals surface area contributed by atoms with Crippen LogP contribution in [-0.4, -0.2) is 56.8 Å². The average molecular weight is 448 g/mol. The van der Waals surface area contributed by atoms with E-state index in [4.69, 9.17) is 18.9 Å². The van der Waals surface area contributed by atoms with Crippen LogP contribution in [0.4, 0.5) is 9.80 Å². The van der Waals surface area contributed by atoms with E-state index in [1.165, 1.54) is 18.4 Å². The maximum Gasteiger partial charge on any atom is 0.410 e. The molecular weight excluding hydrogens is 424 g/mol. The molecule has 0 bridgehead atoms. The molecule has 3 rings (SSSR count). The molecule has 0 saturated carbocycles. The summed E-state index contributed by atoms with van der Waals surface area (Å²) in [6.45, 7) is 2.52. The molecule has 1 aromatic carbocycles. The summed E-state index contributed by atoms with van der Waals surface area (Å²) in [5.74, 6) is 0.246. The number of anilines is 1. The molecule has 0 spiro atoms. The first kappa shape index (κ1) is 22.4. The fraction of sp³-hybridized carbons (Fsp3) is 0.381. The Bertz CT molecular complexity index is 955. The molecule has 0 aliphatic carbocycles. The Kier molecular flexibility index (Phi) is 7.35. The number of esters is 1. The topological polar surface area (TPSA) is 103 Å². The molecule has 31 heavy (non-hydrogen) atoms. The van der Waals surface area contributed by atoms with Gasteiger partial charge in [0, 0.05) is 11.4 Å². The maximum absolute atomic E-state index is 12.5. The number of nitrogens with one attached hydrogen (secondary N) is 1. The van der Waals surface area contributed by atoms with Crippen LogP contribution in [0.1, 0.15) is 27.7 Å². The number of ether oxygens (including phenoxy) is 4. The fourth-order valence-electron chi connectivity index (χ4n) is 3.16. The summed E-state index contributed by atoms with van der Waals surface area (Å²) in [4.78, 5) is 39.3. The van der Waals surface area contributed by atoms with Gasteiger partial charge < -0.3 is 29.2 Å². The van der Waals surface area contributed by atoms with E-state index in [-0.39, 0.29) is 13.2 Å². The Balaban J connectivity index is 1.72. The van der Waals surface area contributed by atoms with Crippen molar-refractivity contribution in [2.24, 2.45) is 0 Å². The molecule has 1 aliphatic heterocycles. The van der Waals surface area contributed by atoms with Crippen molar-refractivity contribution in [3.05, 3.63) is 40.3 Å². The summed E-state index contributed by atoms with van der Waals surface area (Å²) >= 11 is 1.25. The molecular formula is C21H24N2O7S. The Morgan fingerprint density at radius 1 is 1.13 bits per heavy atom. The van der Waals surface area contributed by atoms with Gasteiger partial charge in [-0.25, -0.2) is 9.59 Å². The highest BCUT2D eigenvalue weighted by atomic mass is 32.1. The molecule has 9 nitrogen and oxygen atoms in total. The molecule has 0 unspecified atom stereocenters. The lowest BCUT2D eigenvalue weighted by Gasteiger charge is -2.26. The van der Waals surface area contributed by atoms with Gasteiger partial charge in [-0.15, -0.1) is 11.3 Å². The third-order valence-electron chi connectivity index (χ3n) is 4.65. The predicted octanol–water partition coefficient (Wildman–Crippen LogP) is 3.08. The Morgan fingerprint density at radius 2 is 1.84 bits per heavy atom. The van der Waals surface area contributed by atoms with Crippen molar-refractivity contribution >= 4 is 34.3 Å². The highest BCUT2D eigenvalue weighted by Gasteiger charge is 2.31. The van der Waals surface area contributed by atoms with E-state index in [2.05, 4.69) is 5.32 Å². The number of benzene rings is 1. The summed E-state index contributed by atoms with van der Waals surface area (Å²) in [5.41, 5.74) is 1.10. The van der Waals surface area contributed by atoms with Crippen LogP contribution in [0.3, 0.4) is 0 Å². The van der Waals surface area contributed by atoms with Crippen LogP contribution in [0.2, 0.25) is 0 Å². The molecule has 0 atom stereocenters. The smallest absolute Gasteiger partial charge is 0.410 e. The van der Waals surface area contributed by atoms with Crippen LogP contribution in [-0.2, 0) is 27.2 Å². The quantitative estimate of drug-likeness (QED) is 0.649. The van der Waals surface area contributed by atoms with Gasteiger partial charge in [0.1, 0.15) is 16.5 Å². The van der Waals surface area contributed by atoms with E-state index in [9.17, 15) is 14.4 Å². The summed E-state index contributed by atoms with van der Waals surface area (Å²) in [7, 11) is 2.85. The van der Waals surface area contributed by atoms with Gasteiger partial charge >= 0.3 is 12.1 Å². The second-order valence-corrected chi connectivity index (χ2v) is 7.69. The van der Waals surface area contributed by atoms with Crippen LogP contribution in [0.15, 0.2) is 24.3 Å². The number of nitrogens with zero attached hydrogens (tertiary/aromatic N) is 1. The van der Waals surface area contributed by atoms with E-state index < -0.39 is 18.0 Å². The first-order valence-corrected chi connectivity index (χ1v) is 10.5. The zero-order chi connectivity index (χ0) is 22.4. The molecule has 2 heterocycles. The van der Waals surface area contributed by atoms with Gasteiger partial charge in [0.05, 0.1) is 32.9 Å². The molecule has 1 aliphatic rings. The molecule has 0 radical (unpaired) electrons. The molecule has 2 amide bonds. The standard InChI is InChI=1S/C21H24N2O7S/c1-4-29-21(26)23-10-9-15-16(11-23)31-19(18(15)20(25)28-3)22-17(24)12-30-14-7-5-13(27-2)6-8-14/h5-8H,4,9-12H2,1-3H3,(H,22,24). The summed E-state index contributed by atoms with van der Waals surface area (Å²) in [6.07, 6.45) is 0.0625. The number of rotatable bonds is 7. The predicted molar refractivity (Wildman–Crippen MR) is 114 cm³/mol. The van der Waals surface area contributed by atoms with Crippen LogP contribution >= 0.6 is 11.3 Å². The number of carbonyl (C=O) groups excluding carboxylic acids is 3. The monoisotopic (exact) mass is 448 g/mol. The van der Waals surface area contributed by atoms with Crippen molar-refractivity contribution < 1.29 is 33.3 Å². The SMILES string of the molecule is CCOC(=O)N1CCc2c(sc(NC(=O)COc3ccc(OC)cc3)c2C(=O)OC)C1. The summed E-state index contributed by atoms with van der Waals surface area (Å²) in [6, 6.07) is 6.84. The van der Waals surface area contributed by atoms with Crippen molar-refractivity contribution in [1.29, 1.82) is 0 Å². The number of fused-ring (bicyclic) bond motifs is 1. The number of thiophene rings is 1. The average Bonchev–Trinajstić information content (AvgIpc) is 3.14. The first-order valence-electron chi connectivity index (χ1n) is 9.68. The molecule has 1 aromatic heterocycles. The minimum absolute atomic E-state index is 0.232. The van der Waals surface area contributed by atoms with Gasteiger partial charge in [0.25, 0.3) is 5.91 Å². The van der Waals surface area contributed by atoms with Crippen molar-refractivity contribution in [1.82, 2.24) is 4.90 Å². The zero-order valence-electron chi connectivity index (χ0n) is 17.6. The van der Waals surface area contributed by atoms with Crippen molar-refractivity contribution in [2.75, 3.05) is 39.3 Å². The van der Waals surface area contributed by atoms with Crippen LogP contribution < -0.4 is 14.8 Å². The number of methoxy groups -OCH3 is 2. The van der Waals surface area contributed by atoms with E-state index in [0.717, 1.165) is 10.4 Å². The van der Waals surface area contributed by atoms with Crippen LogP contribution in [0.5, 0.6) is 11.5 Å². The van der Waals surface area contributed by atoms with Gasteiger partial charge in [-0.2, -0.15) is 0 Å². The highest BCUT2D eigenvalue weighted by molar-refractivity contribution is 7.17.